The highest BCUT2D eigenvalue weighted by Crippen LogP contribution is 2.03. The summed E-state index contributed by atoms with van der Waals surface area (Å²) in [5.74, 6) is 0. The van der Waals surface area contributed by atoms with E-state index in [-0.39, 0.29) is 15.2 Å². The molecule has 0 spiro atoms. The van der Waals surface area contributed by atoms with Crippen LogP contribution in [0.4, 0.5) is 0 Å². The third-order valence-corrected chi connectivity index (χ3v) is 6.42. The third-order valence-electron chi connectivity index (χ3n) is 3.57. The van der Waals surface area contributed by atoms with E-state index in [0.29, 0.717) is 0 Å². The predicted molar refractivity (Wildman–Crippen MR) is 101 cm³/mol. The van der Waals surface area contributed by atoms with E-state index in [9.17, 15) is 0 Å². The number of aryl methyl sites for hydroxylation is 1. The largest absolute Gasteiger partial charge is 0.242 e. The molecule has 0 saturated carbocycles. The molecule has 0 nitrogen and oxygen atoms in total. The van der Waals surface area contributed by atoms with E-state index >= 15 is 0 Å². The van der Waals surface area contributed by atoms with Crippen molar-refractivity contribution in [1.82, 2.24) is 0 Å². The van der Waals surface area contributed by atoms with Gasteiger partial charge in [-0.25, -0.2) is 0 Å². The molecule has 110 valence electrons. The van der Waals surface area contributed by atoms with Gasteiger partial charge in [-0.2, -0.15) is 0 Å². The van der Waals surface area contributed by atoms with Gasteiger partial charge < -0.3 is 0 Å². The summed E-state index contributed by atoms with van der Waals surface area (Å²) >= 11 is 1.56. The SMILES string of the molecule is CC[CH2][AlH][CH2]c1ccccc1.[AlH2][CH2]CCc1ccccc1. The molecule has 2 aromatic rings. The molecule has 0 aliphatic carbocycles. The highest BCUT2D eigenvalue weighted by atomic mass is 27.1. The van der Waals surface area contributed by atoms with E-state index < -0.39 is 0 Å². The second kappa shape index (κ2) is 13.2. The van der Waals surface area contributed by atoms with Gasteiger partial charge in [-0.1, -0.05) is 96.6 Å². The van der Waals surface area contributed by atoms with Crippen LogP contribution < -0.4 is 0 Å². The molecule has 0 bridgehead atoms. The molecule has 2 heteroatoms. The fourth-order valence-corrected chi connectivity index (χ4v) is 4.09. The maximum absolute atomic E-state index is 2.28. The zero-order valence-electron chi connectivity index (χ0n) is 13.7. The van der Waals surface area contributed by atoms with Crippen LogP contribution in [0.15, 0.2) is 60.7 Å². The molecule has 0 atom stereocenters. The first-order chi connectivity index (χ1) is 10.4. The van der Waals surface area contributed by atoms with Crippen molar-refractivity contribution in [1.29, 1.82) is 0 Å². The topological polar surface area (TPSA) is 0 Å². The molecule has 2 rings (SSSR count). The lowest BCUT2D eigenvalue weighted by molar-refractivity contribution is 0.919. The molecule has 21 heavy (non-hydrogen) atoms. The van der Waals surface area contributed by atoms with Crippen molar-refractivity contribution in [2.75, 3.05) is 0 Å². The molecule has 0 heterocycles. The second-order valence-corrected chi connectivity index (χ2v) is 8.45. The van der Waals surface area contributed by atoms with Gasteiger partial charge in [0.1, 0.15) is 0 Å². The second-order valence-electron chi connectivity index (χ2n) is 5.53. The van der Waals surface area contributed by atoms with Crippen LogP contribution in [0.25, 0.3) is 0 Å². The summed E-state index contributed by atoms with van der Waals surface area (Å²) in [4.78, 5) is 0. The summed E-state index contributed by atoms with van der Waals surface area (Å²) in [6.07, 6.45) is 4.01. The number of rotatable bonds is 7. The summed E-state index contributed by atoms with van der Waals surface area (Å²) < 4.78 is 0. The summed E-state index contributed by atoms with van der Waals surface area (Å²) in [5.41, 5.74) is 3.02. The quantitative estimate of drug-likeness (QED) is 0.533. The number of hydrogen-bond acceptors (Lipinski definition) is 0. The van der Waals surface area contributed by atoms with Crippen LogP contribution in [0.5, 0.6) is 0 Å². The van der Waals surface area contributed by atoms with Gasteiger partial charge in [0.2, 0.25) is 31.5 Å². The van der Waals surface area contributed by atoms with Crippen molar-refractivity contribution in [3.63, 3.8) is 0 Å². The van der Waals surface area contributed by atoms with Crippen molar-refractivity contribution >= 4 is 31.5 Å². The Morgan fingerprint density at radius 2 is 1.43 bits per heavy atom. The minimum atomic E-state index is 0.213. The van der Waals surface area contributed by atoms with Crippen LogP contribution in [0, 0.1) is 0 Å². The van der Waals surface area contributed by atoms with Crippen LogP contribution in [-0.2, 0) is 11.7 Å². The average Bonchev–Trinajstić information content (AvgIpc) is 2.56. The predicted octanol–water partition coefficient (Wildman–Crippen LogP) is 4.12. The molecule has 0 fully saturated rings. The lowest BCUT2D eigenvalue weighted by Gasteiger charge is -1.96. The van der Waals surface area contributed by atoms with Crippen molar-refractivity contribution in [2.45, 2.75) is 42.0 Å². The van der Waals surface area contributed by atoms with E-state index in [1.54, 1.807) is 0 Å². The number of hydrogen-bond donors (Lipinski definition) is 0. The van der Waals surface area contributed by atoms with Crippen LogP contribution in [0.2, 0.25) is 10.6 Å². The first kappa shape index (κ1) is 18.6. The Hall–Kier alpha value is -0.495. The lowest BCUT2D eigenvalue weighted by atomic mass is 10.1. The Bertz CT molecular complexity index is 440. The van der Waals surface area contributed by atoms with E-state index in [4.69, 9.17) is 0 Å². The van der Waals surface area contributed by atoms with Crippen LogP contribution in [0.1, 0.15) is 30.9 Å². The molecule has 0 N–H and O–H groups in total. The van der Waals surface area contributed by atoms with Gasteiger partial charge in [0.05, 0.1) is 0 Å². The molecule has 0 unspecified atom stereocenters. The molecule has 0 aliphatic heterocycles. The summed E-state index contributed by atoms with van der Waals surface area (Å²) in [6.45, 7) is 2.28. The molecule has 0 aromatic heterocycles. The fourth-order valence-electron chi connectivity index (χ4n) is 2.25. The summed E-state index contributed by atoms with van der Waals surface area (Å²) in [6, 6.07) is 21.5. The van der Waals surface area contributed by atoms with Gasteiger partial charge in [0.15, 0.2) is 0 Å². The summed E-state index contributed by atoms with van der Waals surface area (Å²) in [5, 5.41) is 4.30. The molecule has 0 radical (unpaired) electrons. The Labute approximate surface area is 145 Å². The Morgan fingerprint density at radius 3 is 1.95 bits per heavy atom. The van der Waals surface area contributed by atoms with Crippen molar-refractivity contribution < 1.29 is 0 Å². The van der Waals surface area contributed by atoms with Crippen LogP contribution in [0.3, 0.4) is 0 Å². The average molecular weight is 310 g/mol. The number of benzene rings is 2. The molecular formula is C19H28Al2. The maximum Gasteiger partial charge on any atom is 0.242 e. The smallest absolute Gasteiger partial charge is 0.101 e. The minimum absolute atomic E-state index is 0.213. The van der Waals surface area contributed by atoms with Gasteiger partial charge in [-0.15, -0.1) is 5.28 Å². The third kappa shape index (κ3) is 9.95. The molecule has 0 aliphatic rings. The molecular weight excluding hydrogens is 282 g/mol. The standard InChI is InChI=1S/C9H11.C7H7.C3H7.2Al.3H/c1-2-6-9-7-4-3-5-8-9;1-7-5-3-2-4-6-7;1-3-2;;;;;/h3-5,7-8H,1-2,6H2;2-6H,1H2;1,3H2,2H3;;;;;. The zero-order chi connectivity index (χ0) is 15.2. The van der Waals surface area contributed by atoms with E-state index in [1.165, 1.54) is 62.5 Å². The van der Waals surface area contributed by atoms with E-state index in [2.05, 4.69) is 67.6 Å². The molecule has 2 aromatic carbocycles. The minimum Gasteiger partial charge on any atom is -0.101 e. The van der Waals surface area contributed by atoms with Crippen LogP contribution >= 0.6 is 0 Å². The molecule has 0 amide bonds. The Kier molecular flexibility index (Phi) is 11.7. The zero-order valence-corrected chi connectivity index (χ0v) is 17.1. The Morgan fingerprint density at radius 1 is 0.857 bits per heavy atom. The van der Waals surface area contributed by atoms with Gasteiger partial charge >= 0.3 is 0 Å². The monoisotopic (exact) mass is 310 g/mol. The maximum atomic E-state index is 2.28. The molecule has 0 saturated heterocycles. The van der Waals surface area contributed by atoms with Crippen LogP contribution in [-0.4, -0.2) is 31.5 Å². The summed E-state index contributed by atoms with van der Waals surface area (Å²) in [7, 11) is 0. The first-order valence-electron chi connectivity index (χ1n) is 8.44. The highest BCUT2D eigenvalue weighted by molar-refractivity contribution is 6.34. The lowest BCUT2D eigenvalue weighted by Crippen LogP contribution is -1.94. The van der Waals surface area contributed by atoms with Gasteiger partial charge in [-0.3, -0.25) is 0 Å². The normalized spacial score (nSPS) is 9.57. The highest BCUT2D eigenvalue weighted by Gasteiger charge is 1.93. The van der Waals surface area contributed by atoms with Gasteiger partial charge in [0, 0.05) is 0 Å². The van der Waals surface area contributed by atoms with Crippen molar-refractivity contribution in [3.05, 3.63) is 71.8 Å². The Balaban J connectivity index is 0.000000211. The van der Waals surface area contributed by atoms with E-state index in [1.807, 2.05) is 0 Å². The van der Waals surface area contributed by atoms with E-state index in [0.717, 1.165) is 0 Å². The fraction of sp³-hybridized carbons (Fsp3) is 0.368. The van der Waals surface area contributed by atoms with Crippen molar-refractivity contribution in [3.8, 4) is 0 Å². The van der Waals surface area contributed by atoms with Gasteiger partial charge in [0.25, 0.3) is 0 Å². The van der Waals surface area contributed by atoms with Gasteiger partial charge in [-0.05, 0) is 12.0 Å². The van der Waals surface area contributed by atoms with Crippen molar-refractivity contribution in [2.24, 2.45) is 0 Å². The first-order valence-corrected chi connectivity index (χ1v) is 11.9.